The van der Waals surface area contributed by atoms with Crippen molar-refractivity contribution in [2.24, 2.45) is 0 Å². The molecule has 4 rings (SSSR count). The van der Waals surface area contributed by atoms with Crippen molar-refractivity contribution in [3.05, 3.63) is 48.8 Å². The Labute approximate surface area is 117 Å². The number of ether oxygens (including phenoxy) is 1. The fourth-order valence-corrected chi connectivity index (χ4v) is 1.84. The first-order chi connectivity index (χ1) is 10.4. The lowest BCUT2D eigenvalue weighted by Gasteiger charge is -2.06. The number of rotatable bonds is 3. The first-order valence-corrected chi connectivity index (χ1v) is 6.08. The molecule has 4 aromatic rings. The Morgan fingerprint density at radius 3 is 2.95 bits per heavy atom. The molecule has 0 amide bonds. The molecule has 0 bridgehead atoms. The van der Waals surface area contributed by atoms with E-state index in [4.69, 9.17) is 4.74 Å². The van der Waals surface area contributed by atoms with Crippen LogP contribution in [0.2, 0.25) is 0 Å². The number of aromatic nitrogens is 8. The Morgan fingerprint density at radius 2 is 2.05 bits per heavy atom. The van der Waals surface area contributed by atoms with Gasteiger partial charge in [-0.3, -0.25) is 0 Å². The molecule has 0 radical (unpaired) electrons. The van der Waals surface area contributed by atoms with Crippen molar-refractivity contribution >= 4 is 5.65 Å². The molecule has 21 heavy (non-hydrogen) atoms. The standard InChI is InChI=1S/C12H8N8O/c1-2-9(19-7-6-13-17-19)8-10(3-1)21-12-5-4-11-14-16-18-20(11)15-12/h1-8H. The molecule has 0 atom stereocenters. The third-order valence-electron chi connectivity index (χ3n) is 2.77. The highest BCUT2D eigenvalue weighted by atomic mass is 16.5. The smallest absolute Gasteiger partial charge is 0.239 e. The van der Waals surface area contributed by atoms with Crippen LogP contribution in [0, 0.1) is 0 Å². The van der Waals surface area contributed by atoms with E-state index in [2.05, 4.69) is 30.9 Å². The first-order valence-electron chi connectivity index (χ1n) is 6.08. The van der Waals surface area contributed by atoms with Crippen molar-refractivity contribution in [3.8, 4) is 17.3 Å². The van der Waals surface area contributed by atoms with E-state index in [1.165, 1.54) is 4.63 Å². The van der Waals surface area contributed by atoms with Gasteiger partial charge < -0.3 is 4.74 Å². The van der Waals surface area contributed by atoms with Gasteiger partial charge in [-0.25, -0.2) is 4.68 Å². The van der Waals surface area contributed by atoms with Gasteiger partial charge in [0.25, 0.3) is 0 Å². The van der Waals surface area contributed by atoms with Crippen LogP contribution in [0.5, 0.6) is 11.6 Å². The van der Waals surface area contributed by atoms with Crippen LogP contribution < -0.4 is 4.74 Å². The van der Waals surface area contributed by atoms with Gasteiger partial charge in [-0.15, -0.1) is 19.9 Å². The number of tetrazole rings is 1. The molecule has 0 saturated heterocycles. The highest BCUT2D eigenvalue weighted by Crippen LogP contribution is 2.21. The highest BCUT2D eigenvalue weighted by Gasteiger charge is 2.05. The fourth-order valence-electron chi connectivity index (χ4n) is 1.84. The molecule has 3 aromatic heterocycles. The third-order valence-corrected chi connectivity index (χ3v) is 2.77. The maximum atomic E-state index is 5.71. The van der Waals surface area contributed by atoms with Crippen LogP contribution in [-0.4, -0.2) is 40.2 Å². The molecule has 9 heteroatoms. The average molecular weight is 280 g/mol. The van der Waals surface area contributed by atoms with Crippen molar-refractivity contribution in [1.82, 2.24) is 40.2 Å². The van der Waals surface area contributed by atoms with Crippen molar-refractivity contribution in [2.45, 2.75) is 0 Å². The SMILES string of the molecule is c1cc(Oc2ccc3nnnn3n2)cc(-n2ccnn2)c1. The van der Waals surface area contributed by atoms with Gasteiger partial charge in [0.05, 0.1) is 18.1 Å². The normalized spacial score (nSPS) is 10.9. The van der Waals surface area contributed by atoms with Gasteiger partial charge in [0.1, 0.15) is 5.75 Å². The lowest BCUT2D eigenvalue weighted by atomic mass is 10.3. The van der Waals surface area contributed by atoms with E-state index in [1.807, 2.05) is 24.3 Å². The summed E-state index contributed by atoms with van der Waals surface area (Å²) in [7, 11) is 0. The molecule has 3 heterocycles. The van der Waals surface area contributed by atoms with Crippen molar-refractivity contribution in [1.29, 1.82) is 0 Å². The molecule has 0 unspecified atom stereocenters. The average Bonchev–Trinajstić information content (AvgIpc) is 3.18. The molecule has 9 nitrogen and oxygen atoms in total. The third kappa shape index (κ3) is 2.16. The summed E-state index contributed by atoms with van der Waals surface area (Å²) in [6.45, 7) is 0. The molecule has 0 saturated carbocycles. The van der Waals surface area contributed by atoms with E-state index in [1.54, 1.807) is 29.2 Å². The molecule has 0 aliphatic heterocycles. The van der Waals surface area contributed by atoms with E-state index in [0.29, 0.717) is 17.3 Å². The number of nitrogens with zero attached hydrogens (tertiary/aromatic N) is 8. The lowest BCUT2D eigenvalue weighted by molar-refractivity contribution is 0.446. The second-order valence-electron chi connectivity index (χ2n) is 4.15. The van der Waals surface area contributed by atoms with Gasteiger partial charge in [0.15, 0.2) is 5.65 Å². The lowest BCUT2D eigenvalue weighted by Crippen LogP contribution is -1.98. The van der Waals surface area contributed by atoms with E-state index in [9.17, 15) is 0 Å². The number of benzene rings is 1. The highest BCUT2D eigenvalue weighted by molar-refractivity contribution is 5.40. The van der Waals surface area contributed by atoms with E-state index in [0.717, 1.165) is 5.69 Å². The summed E-state index contributed by atoms with van der Waals surface area (Å²) < 4.78 is 8.65. The molecular formula is C12H8N8O. The largest absolute Gasteiger partial charge is 0.437 e. The molecule has 0 aliphatic rings. The minimum Gasteiger partial charge on any atom is -0.437 e. The van der Waals surface area contributed by atoms with Crippen LogP contribution >= 0.6 is 0 Å². The number of hydrogen-bond acceptors (Lipinski definition) is 7. The fraction of sp³-hybridized carbons (Fsp3) is 0. The van der Waals surface area contributed by atoms with Crippen molar-refractivity contribution in [3.63, 3.8) is 0 Å². The molecule has 0 N–H and O–H groups in total. The summed E-state index contributed by atoms with van der Waals surface area (Å²) in [5.41, 5.74) is 1.40. The van der Waals surface area contributed by atoms with Gasteiger partial charge in [0, 0.05) is 12.1 Å². The summed E-state index contributed by atoms with van der Waals surface area (Å²) in [6.07, 6.45) is 3.37. The Kier molecular flexibility index (Phi) is 2.53. The topological polar surface area (TPSA) is 95.9 Å². The zero-order valence-electron chi connectivity index (χ0n) is 10.6. The van der Waals surface area contributed by atoms with Gasteiger partial charge in [-0.05, 0) is 28.6 Å². The van der Waals surface area contributed by atoms with Crippen LogP contribution in [-0.2, 0) is 0 Å². The van der Waals surface area contributed by atoms with Crippen LogP contribution in [0.4, 0.5) is 0 Å². The summed E-state index contributed by atoms with van der Waals surface area (Å²) in [5.74, 6) is 1.02. The number of fused-ring (bicyclic) bond motifs is 1. The predicted octanol–water partition coefficient (Wildman–Crippen LogP) is 0.892. The summed E-state index contributed by atoms with van der Waals surface area (Å²) in [6, 6.07) is 10.9. The monoisotopic (exact) mass is 280 g/mol. The van der Waals surface area contributed by atoms with Crippen molar-refractivity contribution < 1.29 is 4.74 Å². The maximum Gasteiger partial charge on any atom is 0.239 e. The minimum absolute atomic E-state index is 0.394. The summed E-state index contributed by atoms with van der Waals surface area (Å²) in [5, 5.41) is 22.9. The molecule has 102 valence electrons. The van der Waals surface area contributed by atoms with Gasteiger partial charge in [-0.2, -0.15) is 0 Å². The van der Waals surface area contributed by atoms with E-state index in [-0.39, 0.29) is 0 Å². The van der Waals surface area contributed by atoms with Crippen LogP contribution in [0.15, 0.2) is 48.8 Å². The first kappa shape index (κ1) is 11.5. The summed E-state index contributed by atoms with van der Waals surface area (Å²) >= 11 is 0. The Hall–Kier alpha value is -3.36. The quantitative estimate of drug-likeness (QED) is 0.550. The molecule has 1 aromatic carbocycles. The van der Waals surface area contributed by atoms with Crippen molar-refractivity contribution in [2.75, 3.05) is 0 Å². The Balaban J connectivity index is 1.66. The van der Waals surface area contributed by atoms with Crippen LogP contribution in [0.25, 0.3) is 11.3 Å². The molecular weight excluding hydrogens is 272 g/mol. The summed E-state index contributed by atoms with van der Waals surface area (Å²) in [4.78, 5) is 0. The second kappa shape index (κ2) is 4.63. The zero-order chi connectivity index (χ0) is 14.1. The Bertz CT molecular complexity index is 885. The predicted molar refractivity (Wildman–Crippen MR) is 70.0 cm³/mol. The Morgan fingerprint density at radius 1 is 1.05 bits per heavy atom. The molecule has 0 aliphatic carbocycles. The molecule has 0 spiro atoms. The maximum absolute atomic E-state index is 5.71. The number of hydrogen-bond donors (Lipinski definition) is 0. The minimum atomic E-state index is 0.394. The molecule has 0 fully saturated rings. The van der Waals surface area contributed by atoms with Gasteiger partial charge in [0.2, 0.25) is 5.88 Å². The van der Waals surface area contributed by atoms with Gasteiger partial charge in [-0.1, -0.05) is 11.3 Å². The van der Waals surface area contributed by atoms with Crippen LogP contribution in [0.3, 0.4) is 0 Å². The van der Waals surface area contributed by atoms with Crippen LogP contribution in [0.1, 0.15) is 0 Å². The second-order valence-corrected chi connectivity index (χ2v) is 4.15. The van der Waals surface area contributed by atoms with Gasteiger partial charge >= 0.3 is 0 Å². The zero-order valence-corrected chi connectivity index (χ0v) is 10.6. The van der Waals surface area contributed by atoms with E-state index < -0.39 is 0 Å². The van der Waals surface area contributed by atoms with E-state index >= 15 is 0 Å².